The van der Waals surface area contributed by atoms with Crippen LogP contribution in [-0.4, -0.2) is 16.3 Å². The number of allylic oxidation sites excluding steroid dienone is 3. The molecule has 102 valence electrons. The number of aliphatic hydroxyl groups excluding tert-OH is 1. The van der Waals surface area contributed by atoms with Crippen LogP contribution in [0.4, 0.5) is 0 Å². The Kier molecular flexibility index (Phi) is 6.46. The number of aliphatic hydroxyl groups is 1. The first-order chi connectivity index (χ1) is 9.02. The summed E-state index contributed by atoms with van der Waals surface area (Å²) in [6.45, 7) is 7.52. The van der Waals surface area contributed by atoms with Crippen molar-refractivity contribution in [3.8, 4) is 5.75 Å². The molecular formula is C16H20O2S. The number of thioether (sulfide) groups is 1. The highest BCUT2D eigenvalue weighted by atomic mass is 32.2. The molecule has 0 aromatic heterocycles. The van der Waals surface area contributed by atoms with Crippen molar-refractivity contribution in [1.29, 1.82) is 0 Å². The maximum absolute atomic E-state index is 9.34. The second-order valence-electron chi connectivity index (χ2n) is 4.33. The van der Waals surface area contributed by atoms with Gasteiger partial charge >= 0.3 is 0 Å². The van der Waals surface area contributed by atoms with Gasteiger partial charge < -0.3 is 10.2 Å². The van der Waals surface area contributed by atoms with Crippen LogP contribution in [-0.2, 0) is 0 Å². The summed E-state index contributed by atoms with van der Waals surface area (Å²) >= 11 is 1.61. The Bertz CT molecular complexity index is 470. The van der Waals surface area contributed by atoms with Gasteiger partial charge in [-0.25, -0.2) is 0 Å². The molecule has 0 spiro atoms. The van der Waals surface area contributed by atoms with Crippen LogP contribution in [0.3, 0.4) is 0 Å². The Hall–Kier alpha value is -1.45. The van der Waals surface area contributed by atoms with E-state index in [0.29, 0.717) is 0 Å². The van der Waals surface area contributed by atoms with Gasteiger partial charge in [0.25, 0.3) is 0 Å². The summed E-state index contributed by atoms with van der Waals surface area (Å²) in [5, 5.41) is 18.6. The van der Waals surface area contributed by atoms with Crippen LogP contribution in [0.25, 0.3) is 0 Å². The third-order valence-electron chi connectivity index (χ3n) is 2.46. The normalized spacial score (nSPS) is 14.3. The Morgan fingerprint density at radius 1 is 1.37 bits per heavy atom. The van der Waals surface area contributed by atoms with E-state index < -0.39 is 6.10 Å². The highest BCUT2D eigenvalue weighted by Crippen LogP contribution is 2.32. The van der Waals surface area contributed by atoms with E-state index in [4.69, 9.17) is 0 Å². The van der Waals surface area contributed by atoms with Crippen LogP contribution >= 0.6 is 11.8 Å². The average Bonchev–Trinajstić information content (AvgIpc) is 2.36. The topological polar surface area (TPSA) is 40.5 Å². The third-order valence-corrected chi connectivity index (χ3v) is 3.67. The standard InChI is InChI=1S/C16H20O2S/c1-4-5-12(2)16(11-6-13(3)17)19-15-9-7-14(18)8-10-15/h4,6-11,13,17-18H,1,5H2,2-3H3/b11-6-,16-12-. The van der Waals surface area contributed by atoms with Crippen molar-refractivity contribution < 1.29 is 10.2 Å². The predicted octanol–water partition coefficient (Wildman–Crippen LogP) is 4.27. The lowest BCUT2D eigenvalue weighted by atomic mass is 10.2. The molecule has 2 nitrogen and oxygen atoms in total. The molecule has 0 amide bonds. The molecule has 19 heavy (non-hydrogen) atoms. The van der Waals surface area contributed by atoms with Crippen LogP contribution in [0.1, 0.15) is 20.3 Å². The minimum atomic E-state index is -0.466. The zero-order valence-corrected chi connectivity index (χ0v) is 12.2. The van der Waals surface area contributed by atoms with Crippen molar-refractivity contribution >= 4 is 11.8 Å². The molecule has 2 N–H and O–H groups in total. The summed E-state index contributed by atoms with van der Waals surface area (Å²) in [6, 6.07) is 7.08. The maximum atomic E-state index is 9.34. The molecule has 0 saturated carbocycles. The van der Waals surface area contributed by atoms with E-state index in [1.54, 1.807) is 36.9 Å². The second kappa shape index (κ2) is 7.87. The van der Waals surface area contributed by atoms with E-state index in [-0.39, 0.29) is 5.75 Å². The Balaban J connectivity index is 2.94. The van der Waals surface area contributed by atoms with Crippen molar-refractivity contribution in [3.63, 3.8) is 0 Å². The van der Waals surface area contributed by atoms with Crippen LogP contribution in [0.2, 0.25) is 0 Å². The lowest BCUT2D eigenvalue weighted by Gasteiger charge is -2.08. The fourth-order valence-electron chi connectivity index (χ4n) is 1.45. The first-order valence-electron chi connectivity index (χ1n) is 6.16. The number of phenols is 1. The lowest BCUT2D eigenvalue weighted by Crippen LogP contribution is -1.92. The summed E-state index contributed by atoms with van der Waals surface area (Å²) in [7, 11) is 0. The van der Waals surface area contributed by atoms with Crippen LogP contribution in [0, 0.1) is 0 Å². The zero-order valence-electron chi connectivity index (χ0n) is 11.3. The van der Waals surface area contributed by atoms with Gasteiger partial charge in [-0.1, -0.05) is 29.5 Å². The van der Waals surface area contributed by atoms with E-state index in [2.05, 4.69) is 13.5 Å². The van der Waals surface area contributed by atoms with Crippen molar-refractivity contribution in [2.24, 2.45) is 0 Å². The van der Waals surface area contributed by atoms with E-state index in [1.807, 2.05) is 24.3 Å². The molecule has 3 heteroatoms. The molecule has 1 atom stereocenters. The van der Waals surface area contributed by atoms with Gasteiger partial charge in [-0.15, -0.1) is 6.58 Å². The van der Waals surface area contributed by atoms with Crippen molar-refractivity contribution in [2.75, 3.05) is 0 Å². The molecule has 0 aliphatic heterocycles. The summed E-state index contributed by atoms with van der Waals surface area (Å²) in [5.74, 6) is 0.261. The largest absolute Gasteiger partial charge is 0.508 e. The lowest BCUT2D eigenvalue weighted by molar-refractivity contribution is 0.244. The Morgan fingerprint density at radius 2 is 2.00 bits per heavy atom. The Morgan fingerprint density at radius 3 is 2.53 bits per heavy atom. The van der Waals surface area contributed by atoms with Crippen LogP contribution in [0.5, 0.6) is 5.75 Å². The predicted molar refractivity (Wildman–Crippen MR) is 82.3 cm³/mol. The monoisotopic (exact) mass is 276 g/mol. The van der Waals surface area contributed by atoms with Gasteiger partial charge in [0.05, 0.1) is 6.10 Å². The SMILES string of the molecule is C=CC/C(C)=C(/C=C\C(C)O)Sc1ccc(O)cc1. The minimum Gasteiger partial charge on any atom is -0.508 e. The molecule has 1 aromatic carbocycles. The summed E-state index contributed by atoms with van der Waals surface area (Å²) in [4.78, 5) is 2.14. The van der Waals surface area contributed by atoms with Crippen molar-refractivity contribution in [2.45, 2.75) is 31.3 Å². The molecule has 0 bridgehead atoms. The molecule has 1 rings (SSSR count). The summed E-state index contributed by atoms with van der Waals surface area (Å²) in [5.41, 5.74) is 1.20. The zero-order chi connectivity index (χ0) is 14.3. The molecule has 0 fully saturated rings. The molecule has 0 heterocycles. The van der Waals surface area contributed by atoms with Gasteiger partial charge in [-0.2, -0.15) is 0 Å². The van der Waals surface area contributed by atoms with E-state index >= 15 is 0 Å². The highest BCUT2D eigenvalue weighted by molar-refractivity contribution is 8.03. The Labute approximate surface area is 119 Å². The van der Waals surface area contributed by atoms with Crippen LogP contribution < -0.4 is 0 Å². The molecule has 0 aliphatic carbocycles. The first kappa shape index (κ1) is 15.6. The summed E-state index contributed by atoms with van der Waals surface area (Å²) < 4.78 is 0. The number of rotatable bonds is 6. The molecular weight excluding hydrogens is 256 g/mol. The first-order valence-corrected chi connectivity index (χ1v) is 6.98. The quantitative estimate of drug-likeness (QED) is 0.463. The molecule has 0 aliphatic rings. The number of hydrogen-bond donors (Lipinski definition) is 2. The number of aromatic hydroxyl groups is 1. The highest BCUT2D eigenvalue weighted by Gasteiger charge is 2.03. The molecule has 1 aromatic rings. The van der Waals surface area contributed by atoms with Gasteiger partial charge in [0.15, 0.2) is 0 Å². The van der Waals surface area contributed by atoms with Gasteiger partial charge in [0, 0.05) is 9.80 Å². The van der Waals surface area contributed by atoms with E-state index in [0.717, 1.165) is 16.2 Å². The molecule has 0 saturated heterocycles. The number of phenolic OH excluding ortho intramolecular Hbond substituents is 1. The van der Waals surface area contributed by atoms with Crippen LogP contribution in [0.15, 0.2) is 64.4 Å². The number of benzene rings is 1. The maximum Gasteiger partial charge on any atom is 0.115 e. The van der Waals surface area contributed by atoms with Gasteiger partial charge in [-0.3, -0.25) is 0 Å². The summed E-state index contributed by atoms with van der Waals surface area (Å²) in [6.07, 6.45) is 5.90. The van der Waals surface area contributed by atoms with E-state index in [1.165, 1.54) is 5.57 Å². The van der Waals surface area contributed by atoms with Crippen molar-refractivity contribution in [1.82, 2.24) is 0 Å². The average molecular weight is 276 g/mol. The fourth-order valence-corrected chi connectivity index (χ4v) is 2.38. The third kappa shape index (κ3) is 5.81. The molecule has 1 unspecified atom stereocenters. The number of hydrogen-bond acceptors (Lipinski definition) is 3. The molecule has 0 radical (unpaired) electrons. The second-order valence-corrected chi connectivity index (χ2v) is 5.45. The van der Waals surface area contributed by atoms with Gasteiger partial charge in [0.1, 0.15) is 5.75 Å². The fraction of sp³-hybridized carbons (Fsp3) is 0.250. The van der Waals surface area contributed by atoms with Crippen molar-refractivity contribution in [3.05, 3.63) is 59.6 Å². The van der Waals surface area contributed by atoms with Gasteiger partial charge in [0.2, 0.25) is 0 Å². The minimum absolute atomic E-state index is 0.261. The smallest absolute Gasteiger partial charge is 0.115 e. The van der Waals surface area contributed by atoms with Gasteiger partial charge in [-0.05, 0) is 50.6 Å². The van der Waals surface area contributed by atoms with E-state index in [9.17, 15) is 10.2 Å².